The van der Waals surface area contributed by atoms with Crippen molar-refractivity contribution in [2.24, 2.45) is 11.8 Å². The lowest BCUT2D eigenvalue weighted by molar-refractivity contribution is -0.138. The normalized spacial score (nSPS) is 21.5. The van der Waals surface area contributed by atoms with Crippen LogP contribution in [-0.2, 0) is 11.2 Å². The van der Waals surface area contributed by atoms with Gasteiger partial charge in [-0.1, -0.05) is 37.0 Å². The van der Waals surface area contributed by atoms with Crippen molar-refractivity contribution in [3.63, 3.8) is 0 Å². The van der Waals surface area contributed by atoms with Crippen molar-refractivity contribution in [3.8, 4) is 0 Å². The Bertz CT molecular complexity index is 1340. The molecule has 2 amide bonds. The van der Waals surface area contributed by atoms with Gasteiger partial charge >= 0.3 is 20.2 Å². The molecule has 0 saturated heterocycles. The molecule has 45 heavy (non-hydrogen) atoms. The molecule has 13 heteroatoms. The van der Waals surface area contributed by atoms with Crippen LogP contribution >= 0.6 is 0 Å². The predicted molar refractivity (Wildman–Crippen MR) is 174 cm³/mol. The Morgan fingerprint density at radius 1 is 0.822 bits per heavy atom. The molecule has 2 aromatic carbocycles. The van der Waals surface area contributed by atoms with E-state index in [1.54, 1.807) is 12.1 Å². The summed E-state index contributed by atoms with van der Waals surface area (Å²) in [6.45, 7) is 1.59. The number of carboxylic acids is 1. The minimum absolute atomic E-state index is 0.0666. The highest BCUT2D eigenvalue weighted by Gasteiger charge is 2.33. The first-order chi connectivity index (χ1) is 21.4. The standard InChI is InChI=1S/C32H43B3N2O8/c1-2-3-22-13-23(16-26(14-22)34(42)43)31(40)36-28-8-4-20(5-9-28)12-21-6-10-29(11-7-21)37(19-30(38)39)32(41)24-15-25(33)18-27(17-24)35(44)45/h13-18,20-21,28-29,42-45H,2-12,19H2,1H3,(H,36,40)(H,38,39). The van der Waals surface area contributed by atoms with Crippen LogP contribution in [0.4, 0.5) is 0 Å². The number of hydrogen-bond donors (Lipinski definition) is 6. The first-order valence-corrected chi connectivity index (χ1v) is 16.0. The first kappa shape index (κ1) is 34.8. The van der Waals surface area contributed by atoms with E-state index in [9.17, 15) is 39.6 Å². The molecule has 0 aromatic heterocycles. The molecule has 2 radical (unpaired) electrons. The summed E-state index contributed by atoms with van der Waals surface area (Å²) >= 11 is 0. The summed E-state index contributed by atoms with van der Waals surface area (Å²) in [5.74, 6) is -0.778. The molecule has 0 unspecified atom stereocenters. The summed E-state index contributed by atoms with van der Waals surface area (Å²) in [6, 6.07) is 9.05. The molecule has 238 valence electrons. The summed E-state index contributed by atoms with van der Waals surface area (Å²) in [6.07, 6.45) is 9.60. The Kier molecular flexibility index (Phi) is 12.3. The molecule has 0 aliphatic heterocycles. The largest absolute Gasteiger partial charge is 0.488 e. The molecule has 2 saturated carbocycles. The van der Waals surface area contributed by atoms with E-state index in [1.807, 2.05) is 13.0 Å². The summed E-state index contributed by atoms with van der Waals surface area (Å²) in [5.41, 5.74) is 2.06. The zero-order valence-electron chi connectivity index (χ0n) is 25.9. The lowest BCUT2D eigenvalue weighted by Gasteiger charge is -2.38. The Labute approximate surface area is 266 Å². The Hall–Kier alpha value is -3.12. The van der Waals surface area contributed by atoms with Gasteiger partial charge in [0, 0.05) is 23.2 Å². The molecule has 10 nitrogen and oxygen atoms in total. The van der Waals surface area contributed by atoms with Gasteiger partial charge in [-0.25, -0.2) is 0 Å². The van der Waals surface area contributed by atoms with Crippen molar-refractivity contribution < 1.29 is 39.6 Å². The fourth-order valence-electron chi connectivity index (χ4n) is 7.03. The SMILES string of the molecule is [B]c1cc(B(O)O)cc(C(=O)N(CC(=O)O)C2CCC(CC3CCC(NC(=O)c4cc(CCC)cc(B(O)O)c4)CC3)CC2)c1. The summed E-state index contributed by atoms with van der Waals surface area (Å²) in [4.78, 5) is 39.5. The number of nitrogens with zero attached hydrogens (tertiary/aromatic N) is 1. The molecular weight excluding hydrogens is 573 g/mol. The van der Waals surface area contributed by atoms with Crippen LogP contribution in [0.3, 0.4) is 0 Å². The highest BCUT2D eigenvalue weighted by atomic mass is 16.4. The molecule has 2 fully saturated rings. The number of rotatable bonds is 12. The predicted octanol–water partition coefficient (Wildman–Crippen LogP) is 0.257. The Morgan fingerprint density at radius 2 is 1.40 bits per heavy atom. The van der Waals surface area contributed by atoms with Crippen LogP contribution in [0.25, 0.3) is 0 Å². The Balaban J connectivity index is 1.28. The fourth-order valence-corrected chi connectivity index (χ4v) is 7.03. The van der Waals surface area contributed by atoms with E-state index in [2.05, 4.69) is 5.32 Å². The van der Waals surface area contributed by atoms with Crippen LogP contribution < -0.4 is 21.7 Å². The van der Waals surface area contributed by atoms with E-state index in [0.29, 0.717) is 35.7 Å². The van der Waals surface area contributed by atoms with Crippen molar-refractivity contribution in [1.82, 2.24) is 10.2 Å². The average Bonchev–Trinajstić information content (AvgIpc) is 3.00. The molecule has 0 atom stereocenters. The van der Waals surface area contributed by atoms with Gasteiger partial charge in [0.1, 0.15) is 14.4 Å². The molecule has 2 aliphatic rings. The lowest BCUT2D eigenvalue weighted by Crippen LogP contribution is -2.46. The smallest absolute Gasteiger partial charge is 0.480 e. The van der Waals surface area contributed by atoms with E-state index in [0.717, 1.165) is 63.4 Å². The third-order valence-electron chi connectivity index (χ3n) is 9.31. The minimum Gasteiger partial charge on any atom is -0.480 e. The molecular formula is C32H43B3N2O8. The van der Waals surface area contributed by atoms with Gasteiger partial charge < -0.3 is 35.4 Å². The molecule has 0 heterocycles. The van der Waals surface area contributed by atoms with Crippen molar-refractivity contribution >= 4 is 56.3 Å². The molecule has 0 bridgehead atoms. The second kappa shape index (κ2) is 15.9. The number of amides is 2. The van der Waals surface area contributed by atoms with Gasteiger partial charge in [-0.15, -0.1) is 0 Å². The third-order valence-corrected chi connectivity index (χ3v) is 9.31. The summed E-state index contributed by atoms with van der Waals surface area (Å²) in [7, 11) is 2.44. The highest BCUT2D eigenvalue weighted by molar-refractivity contribution is 6.59. The highest BCUT2D eigenvalue weighted by Crippen LogP contribution is 2.37. The van der Waals surface area contributed by atoms with Crippen molar-refractivity contribution in [2.75, 3.05) is 6.54 Å². The Morgan fingerprint density at radius 3 is 1.98 bits per heavy atom. The van der Waals surface area contributed by atoms with Crippen LogP contribution in [0.1, 0.15) is 97.4 Å². The van der Waals surface area contributed by atoms with Crippen LogP contribution in [0, 0.1) is 11.8 Å². The van der Waals surface area contributed by atoms with Crippen molar-refractivity contribution in [1.29, 1.82) is 0 Å². The third kappa shape index (κ3) is 9.69. The van der Waals surface area contributed by atoms with Crippen LogP contribution in [0.5, 0.6) is 0 Å². The van der Waals surface area contributed by atoms with E-state index < -0.39 is 32.7 Å². The minimum atomic E-state index is -1.80. The van der Waals surface area contributed by atoms with Gasteiger partial charge in [-0.05, 0) is 111 Å². The van der Waals surface area contributed by atoms with Gasteiger partial charge in [0.2, 0.25) is 0 Å². The zero-order chi connectivity index (χ0) is 32.7. The number of carbonyl (C=O) groups is 3. The second-order valence-corrected chi connectivity index (χ2v) is 12.8. The monoisotopic (exact) mass is 616 g/mol. The van der Waals surface area contributed by atoms with Gasteiger partial charge in [0.15, 0.2) is 0 Å². The number of benzene rings is 2. The number of nitrogens with one attached hydrogen (secondary N) is 1. The van der Waals surface area contributed by atoms with Crippen molar-refractivity contribution in [3.05, 3.63) is 53.1 Å². The lowest BCUT2D eigenvalue weighted by atomic mass is 9.75. The maximum atomic E-state index is 13.4. The van der Waals surface area contributed by atoms with Gasteiger partial charge in [-0.2, -0.15) is 0 Å². The number of aryl methyl sites for hydroxylation is 1. The summed E-state index contributed by atoms with van der Waals surface area (Å²) in [5, 5.41) is 51.1. The molecule has 0 spiro atoms. The molecule has 4 rings (SSSR count). The number of carbonyl (C=O) groups excluding carboxylic acids is 2. The topological polar surface area (TPSA) is 168 Å². The second-order valence-electron chi connectivity index (χ2n) is 12.8. The molecule has 2 aliphatic carbocycles. The first-order valence-electron chi connectivity index (χ1n) is 16.0. The maximum Gasteiger partial charge on any atom is 0.488 e. The van der Waals surface area contributed by atoms with Gasteiger partial charge in [0.25, 0.3) is 11.8 Å². The van der Waals surface area contributed by atoms with E-state index in [-0.39, 0.29) is 34.5 Å². The zero-order valence-corrected chi connectivity index (χ0v) is 25.9. The quantitative estimate of drug-likeness (QED) is 0.185. The average molecular weight is 616 g/mol. The number of hydrogen-bond acceptors (Lipinski definition) is 7. The van der Waals surface area contributed by atoms with Crippen molar-refractivity contribution in [2.45, 2.75) is 89.6 Å². The van der Waals surface area contributed by atoms with Gasteiger partial charge in [-0.3, -0.25) is 14.4 Å². The molecule has 2 aromatic rings. The fraction of sp³-hybridized carbons (Fsp3) is 0.531. The van der Waals surface area contributed by atoms with E-state index in [4.69, 9.17) is 7.85 Å². The number of carboxylic acid groups (broad SMARTS) is 1. The van der Waals surface area contributed by atoms with Crippen LogP contribution in [0.15, 0.2) is 36.4 Å². The summed E-state index contributed by atoms with van der Waals surface area (Å²) < 4.78 is 0. The van der Waals surface area contributed by atoms with E-state index >= 15 is 0 Å². The number of aliphatic carboxylic acids is 1. The van der Waals surface area contributed by atoms with E-state index in [1.165, 1.54) is 23.1 Å². The molecule has 6 N–H and O–H groups in total. The van der Waals surface area contributed by atoms with Crippen LogP contribution in [0.2, 0.25) is 0 Å². The van der Waals surface area contributed by atoms with Crippen LogP contribution in [-0.4, -0.2) is 88.6 Å². The van der Waals surface area contributed by atoms with Gasteiger partial charge in [0.05, 0.1) is 0 Å². The maximum absolute atomic E-state index is 13.4.